The summed E-state index contributed by atoms with van der Waals surface area (Å²) in [5.74, 6) is 0. The van der Waals surface area contributed by atoms with Crippen LogP contribution in [0.3, 0.4) is 0 Å². The fourth-order valence-electron chi connectivity index (χ4n) is 0. The molecular formula is C3H12O4P2W. The molecule has 0 aromatic rings. The summed E-state index contributed by atoms with van der Waals surface area (Å²) in [5.41, 5.74) is 0. The van der Waals surface area contributed by atoms with Crippen LogP contribution in [0.2, 0.25) is 0 Å². The monoisotopic (exact) mass is 358 g/mol. The molecule has 64 valence electrons. The molecular weight excluding hydrogens is 346 g/mol. The van der Waals surface area contributed by atoms with Crippen LogP contribution in [-0.2, 0) is 18.8 Å². The first-order valence-corrected chi connectivity index (χ1v) is 10.5. The topological polar surface area (TPSA) is 80.9 Å². The van der Waals surface area contributed by atoms with Gasteiger partial charge in [0.1, 0.15) is 7.34 Å². The molecule has 7 heteroatoms. The Labute approximate surface area is 70.9 Å². The third kappa shape index (κ3) is 399. The van der Waals surface area contributed by atoms with Crippen LogP contribution in [0.4, 0.5) is 0 Å². The van der Waals surface area contributed by atoms with E-state index in [0.717, 1.165) is 18.8 Å². The Balaban J connectivity index is 0. The van der Waals surface area contributed by atoms with E-state index in [2.05, 4.69) is 6.30 Å². The molecule has 0 atom stereocenters. The predicted molar refractivity (Wildman–Crippen MR) is 41.7 cm³/mol. The summed E-state index contributed by atoms with van der Waals surface area (Å²) in [7, 11) is -2.64. The van der Waals surface area contributed by atoms with E-state index < -0.39 is 12.7 Å². The van der Waals surface area contributed by atoms with E-state index in [1.807, 2.05) is 0 Å². The Kier molecular flexibility index (Phi) is 6.91. The zero-order valence-electron chi connectivity index (χ0n) is 5.80. The first kappa shape index (κ1) is 13.8. The Morgan fingerprint density at radius 3 is 1.10 bits per heavy atom. The molecule has 0 amide bonds. The number of hydrogen-bond acceptors (Lipinski definition) is 4. The zero-order valence-corrected chi connectivity index (χ0v) is 10.5. The van der Waals surface area contributed by atoms with E-state index in [1.165, 1.54) is 13.3 Å². The molecule has 0 bridgehead atoms. The summed E-state index contributed by atoms with van der Waals surface area (Å²) in [6.07, 6.45) is 2.99. The van der Waals surface area contributed by atoms with Crippen molar-refractivity contribution in [2.75, 3.05) is 13.3 Å². The Bertz CT molecular complexity index is 131. The number of rotatable bonds is 0. The van der Waals surface area contributed by atoms with Crippen LogP contribution < -0.4 is 0 Å². The van der Waals surface area contributed by atoms with Gasteiger partial charge in [-0.1, -0.05) is 6.30 Å². The normalized spacial score (nSPS) is 11.8. The molecule has 0 heterocycles. The maximum absolute atomic E-state index is 8.22. The summed E-state index contributed by atoms with van der Waals surface area (Å²) in [5, 5.41) is -2.31. The molecule has 0 aliphatic heterocycles. The molecule has 0 aromatic heterocycles. The van der Waals surface area contributed by atoms with Gasteiger partial charge < -0.3 is 9.79 Å². The molecule has 4 N–H and O–H groups in total. The van der Waals surface area contributed by atoms with Gasteiger partial charge in [0, 0.05) is 6.66 Å². The van der Waals surface area contributed by atoms with Crippen LogP contribution in [0.25, 0.3) is 0 Å². The summed E-state index contributed by atoms with van der Waals surface area (Å²) >= 11 is 0.882. The van der Waals surface area contributed by atoms with Gasteiger partial charge in [-0.05, 0) is 0 Å². The van der Waals surface area contributed by atoms with Gasteiger partial charge >= 0.3 is 40.6 Å². The first-order chi connectivity index (χ1) is 4.00. The molecule has 0 radical (unpaired) electrons. The summed E-state index contributed by atoms with van der Waals surface area (Å²) in [6, 6.07) is 0. The molecule has 0 aliphatic rings. The second-order valence-corrected chi connectivity index (χ2v) is 13.2. The van der Waals surface area contributed by atoms with Gasteiger partial charge in [-0.25, -0.2) is 0 Å². The molecule has 0 aromatic carbocycles. The number of hydrogen-bond donors (Lipinski definition) is 4. The van der Waals surface area contributed by atoms with Crippen molar-refractivity contribution in [1.29, 1.82) is 0 Å². The Hall–Kier alpha value is 1.26. The zero-order chi connectivity index (χ0) is 9.00. The van der Waals surface area contributed by atoms with Crippen LogP contribution in [0, 0.1) is 0 Å². The molecule has 0 saturated carbocycles. The van der Waals surface area contributed by atoms with Gasteiger partial charge in [-0.2, -0.15) is 0 Å². The second kappa shape index (κ2) is 5.00. The van der Waals surface area contributed by atoms with Crippen molar-refractivity contribution in [3.63, 3.8) is 0 Å². The van der Waals surface area contributed by atoms with E-state index in [4.69, 9.17) is 19.6 Å². The van der Waals surface area contributed by atoms with Gasteiger partial charge in [0.15, 0.2) is 0 Å². The van der Waals surface area contributed by atoms with Crippen LogP contribution in [-0.4, -0.2) is 39.2 Å². The Morgan fingerprint density at radius 2 is 1.10 bits per heavy atom. The van der Waals surface area contributed by atoms with Crippen molar-refractivity contribution < 1.29 is 38.4 Å². The molecule has 0 fully saturated rings. The molecule has 0 aliphatic carbocycles. The van der Waals surface area contributed by atoms with Crippen molar-refractivity contribution in [3.8, 4) is 0 Å². The quantitative estimate of drug-likeness (QED) is 0.452. The molecule has 0 rings (SSSR count). The molecule has 0 unspecified atom stereocenters. The van der Waals surface area contributed by atoms with Crippen LogP contribution in [0.5, 0.6) is 0 Å². The van der Waals surface area contributed by atoms with Crippen molar-refractivity contribution >= 4 is 19.0 Å². The molecule has 0 spiro atoms. The molecule has 0 saturated heterocycles. The second-order valence-electron chi connectivity index (χ2n) is 1.92. The van der Waals surface area contributed by atoms with Gasteiger partial charge in [0.05, 0.1) is 0 Å². The summed E-state index contributed by atoms with van der Waals surface area (Å²) in [6.45, 7) is 2.75. The first-order valence-electron chi connectivity index (χ1n) is 2.19. The van der Waals surface area contributed by atoms with Crippen molar-refractivity contribution in [1.82, 2.24) is 0 Å². The van der Waals surface area contributed by atoms with Crippen molar-refractivity contribution in [3.05, 3.63) is 0 Å². The third-order valence-corrected chi connectivity index (χ3v) is 0. The van der Waals surface area contributed by atoms with Crippen molar-refractivity contribution in [2.45, 2.75) is 0 Å². The minimum absolute atomic E-state index is 0.882. The molecule has 4 nitrogen and oxygen atoms in total. The van der Waals surface area contributed by atoms with E-state index in [9.17, 15) is 0 Å². The fourth-order valence-corrected chi connectivity index (χ4v) is 0. The van der Waals surface area contributed by atoms with E-state index in [1.54, 1.807) is 0 Å². The SMILES string of the molecule is C=P(C)(O)O.C[P](O)(O)=[W]. The predicted octanol–water partition coefficient (Wildman–Crippen LogP) is -0.209. The summed E-state index contributed by atoms with van der Waals surface area (Å²) < 4.78 is 0. The Morgan fingerprint density at radius 1 is 1.10 bits per heavy atom. The molecule has 10 heavy (non-hydrogen) atoms. The van der Waals surface area contributed by atoms with E-state index >= 15 is 0 Å². The van der Waals surface area contributed by atoms with E-state index in [-0.39, 0.29) is 0 Å². The fraction of sp³-hybridized carbons (Fsp3) is 0.667. The average Bonchev–Trinajstić information content (AvgIpc) is 1.12. The maximum atomic E-state index is 8.22. The third-order valence-electron chi connectivity index (χ3n) is 0. The van der Waals surface area contributed by atoms with Crippen molar-refractivity contribution in [2.24, 2.45) is 0 Å². The van der Waals surface area contributed by atoms with Crippen LogP contribution >= 0.6 is 12.7 Å². The summed E-state index contributed by atoms with van der Waals surface area (Å²) in [4.78, 5) is 32.6. The van der Waals surface area contributed by atoms with E-state index in [0.29, 0.717) is 0 Å². The minimum atomic E-state index is -2.64. The van der Waals surface area contributed by atoms with Gasteiger partial charge in [0.25, 0.3) is 0 Å². The van der Waals surface area contributed by atoms with Gasteiger partial charge in [-0.3, -0.25) is 0 Å². The average molecular weight is 358 g/mol. The standard InChI is InChI=1S/C2H7O2P.CH5O2P.W/c1-5(2,3)4;1-4(2)3;/h3-4H,1H2,2H3;2-3H,1H3;. The van der Waals surface area contributed by atoms with Gasteiger partial charge in [-0.15, -0.1) is 0 Å². The van der Waals surface area contributed by atoms with Crippen LogP contribution in [0.15, 0.2) is 0 Å². The van der Waals surface area contributed by atoms with Crippen LogP contribution in [0.1, 0.15) is 0 Å². The van der Waals surface area contributed by atoms with Gasteiger partial charge in [0.2, 0.25) is 0 Å².